The first-order valence-electron chi connectivity index (χ1n) is 7.33. The highest BCUT2D eigenvalue weighted by molar-refractivity contribution is 14.0. The van der Waals surface area contributed by atoms with Gasteiger partial charge in [0.05, 0.1) is 24.0 Å². The zero-order chi connectivity index (χ0) is 18.9. The van der Waals surface area contributed by atoms with E-state index in [2.05, 4.69) is 20.6 Å². The molecular weight excluding hydrogens is 508 g/mol. The minimum atomic E-state index is -4.42. The molecule has 0 radical (unpaired) electrons. The molecule has 2 N–H and O–H groups in total. The zero-order valence-electron chi connectivity index (χ0n) is 14.3. The van der Waals surface area contributed by atoms with E-state index >= 15 is 0 Å². The number of sulfone groups is 1. The van der Waals surface area contributed by atoms with Crippen LogP contribution in [0.2, 0.25) is 0 Å². The zero-order valence-corrected chi connectivity index (χ0v) is 18.3. The summed E-state index contributed by atoms with van der Waals surface area (Å²) in [5.74, 6) is 0.438. The number of aromatic nitrogens is 1. The van der Waals surface area contributed by atoms with Crippen molar-refractivity contribution >= 4 is 51.1 Å². The van der Waals surface area contributed by atoms with E-state index in [9.17, 15) is 21.6 Å². The fraction of sp³-hybridized carbons (Fsp3) is 0.692. The normalized spacial score (nSPS) is 12.6. The Bertz CT molecular complexity index is 666. The van der Waals surface area contributed by atoms with Crippen LogP contribution in [0.4, 0.5) is 13.2 Å². The molecule has 0 unspecified atom stereocenters. The van der Waals surface area contributed by atoms with E-state index in [0.717, 1.165) is 23.0 Å². The summed E-state index contributed by atoms with van der Waals surface area (Å²) in [5, 5.41) is 7.29. The monoisotopic (exact) mass is 530 g/mol. The highest BCUT2D eigenvalue weighted by atomic mass is 127. The van der Waals surface area contributed by atoms with E-state index in [1.54, 1.807) is 7.05 Å². The van der Waals surface area contributed by atoms with Gasteiger partial charge in [-0.2, -0.15) is 13.2 Å². The molecule has 26 heavy (non-hydrogen) atoms. The number of hydrogen-bond acceptors (Lipinski definition) is 6. The third kappa shape index (κ3) is 11.1. The molecule has 0 aromatic carbocycles. The number of nitrogens with zero attached hydrogens (tertiary/aromatic N) is 2. The molecule has 0 aliphatic carbocycles. The van der Waals surface area contributed by atoms with Gasteiger partial charge in [-0.25, -0.2) is 13.4 Å². The summed E-state index contributed by atoms with van der Waals surface area (Å²) >= 11 is 0.964. The molecule has 0 atom stereocenters. The van der Waals surface area contributed by atoms with Gasteiger partial charge in [-0.1, -0.05) is 0 Å². The van der Waals surface area contributed by atoms with Crippen molar-refractivity contribution < 1.29 is 26.3 Å². The minimum Gasteiger partial charge on any atom is -0.379 e. The molecule has 0 aliphatic heterocycles. The first kappa shape index (κ1) is 25.3. The van der Waals surface area contributed by atoms with Crippen LogP contribution in [0.15, 0.2) is 10.4 Å². The highest BCUT2D eigenvalue weighted by Gasteiger charge is 2.33. The van der Waals surface area contributed by atoms with Crippen LogP contribution in [0.1, 0.15) is 10.7 Å². The number of ether oxygens (including phenoxy) is 1. The Kier molecular flexibility index (Phi) is 11.6. The van der Waals surface area contributed by atoms with Gasteiger partial charge in [-0.15, -0.1) is 35.3 Å². The van der Waals surface area contributed by atoms with Crippen molar-refractivity contribution in [3.63, 3.8) is 0 Å². The van der Waals surface area contributed by atoms with Gasteiger partial charge in [0.25, 0.3) is 0 Å². The van der Waals surface area contributed by atoms with Gasteiger partial charge in [0, 0.05) is 38.2 Å². The topological polar surface area (TPSA) is 92.7 Å². The molecule has 152 valence electrons. The molecule has 0 aliphatic rings. The molecule has 0 spiro atoms. The maximum absolute atomic E-state index is 12.5. The number of nitrogens with one attached hydrogen (secondary N) is 2. The Morgan fingerprint density at radius 2 is 1.96 bits per heavy atom. The first-order valence-corrected chi connectivity index (χ1v) is 10.3. The summed E-state index contributed by atoms with van der Waals surface area (Å²) in [4.78, 5) is 7.51. The lowest BCUT2D eigenvalue weighted by molar-refractivity contribution is -0.140. The Morgan fingerprint density at radius 1 is 1.31 bits per heavy atom. The number of guanidine groups is 1. The number of hydrogen-bond donors (Lipinski definition) is 2. The van der Waals surface area contributed by atoms with Gasteiger partial charge in [-0.3, -0.25) is 4.99 Å². The summed E-state index contributed by atoms with van der Waals surface area (Å²) in [7, 11) is -1.47. The van der Waals surface area contributed by atoms with Crippen LogP contribution >= 0.6 is 35.3 Å². The highest BCUT2D eigenvalue weighted by Crippen LogP contribution is 2.29. The standard InChI is InChI=1S/C13H21F3N4O3S2.HI/c1-17-12(19-5-6-23-7-8-25(2,21)22)18-4-3-11-20-10(9-24-11)13(14,15)16;/h9H,3-8H2,1-2H3,(H2,17,18,19);1H. The average molecular weight is 530 g/mol. The van der Waals surface area contributed by atoms with Crippen LogP contribution in [0.3, 0.4) is 0 Å². The molecule has 1 rings (SSSR count). The van der Waals surface area contributed by atoms with Crippen LogP contribution < -0.4 is 10.6 Å². The van der Waals surface area contributed by atoms with Crippen molar-refractivity contribution in [3.05, 3.63) is 16.1 Å². The van der Waals surface area contributed by atoms with E-state index in [4.69, 9.17) is 4.74 Å². The number of alkyl halides is 3. The van der Waals surface area contributed by atoms with E-state index in [0.29, 0.717) is 37.1 Å². The Morgan fingerprint density at radius 3 is 2.50 bits per heavy atom. The summed E-state index contributed by atoms with van der Waals surface area (Å²) in [6, 6.07) is 0. The maximum atomic E-state index is 12.5. The second kappa shape index (κ2) is 11.9. The lowest BCUT2D eigenvalue weighted by Gasteiger charge is -2.11. The van der Waals surface area contributed by atoms with Gasteiger partial charge < -0.3 is 15.4 Å². The second-order valence-corrected chi connectivity index (χ2v) is 8.24. The number of aliphatic imine (C=N–C) groups is 1. The van der Waals surface area contributed by atoms with Crippen molar-refractivity contribution in [1.82, 2.24) is 15.6 Å². The van der Waals surface area contributed by atoms with Crippen molar-refractivity contribution in [2.24, 2.45) is 4.99 Å². The predicted molar refractivity (Wildman–Crippen MR) is 106 cm³/mol. The first-order chi connectivity index (χ1) is 11.6. The van der Waals surface area contributed by atoms with E-state index in [1.807, 2.05) is 0 Å². The van der Waals surface area contributed by atoms with Crippen molar-refractivity contribution in [1.29, 1.82) is 0 Å². The summed E-state index contributed by atoms with van der Waals surface area (Å²) in [6.07, 6.45) is -2.94. The van der Waals surface area contributed by atoms with Crippen molar-refractivity contribution in [2.45, 2.75) is 12.6 Å². The molecule has 0 saturated carbocycles. The Labute approximate surface area is 171 Å². The van der Waals surface area contributed by atoms with Crippen LogP contribution in [-0.2, 0) is 27.2 Å². The molecule has 1 aromatic rings. The summed E-state index contributed by atoms with van der Waals surface area (Å²) < 4.78 is 64.4. The van der Waals surface area contributed by atoms with Crippen LogP contribution in [0.25, 0.3) is 0 Å². The number of rotatable bonds is 9. The Hall–Kier alpha value is -0.670. The molecule has 0 amide bonds. The van der Waals surface area contributed by atoms with Crippen LogP contribution in [0, 0.1) is 0 Å². The lowest BCUT2D eigenvalue weighted by atomic mass is 10.4. The van der Waals surface area contributed by atoms with Gasteiger partial charge in [0.2, 0.25) is 0 Å². The number of halogens is 4. The van der Waals surface area contributed by atoms with Crippen molar-refractivity contribution in [3.8, 4) is 0 Å². The fourth-order valence-electron chi connectivity index (χ4n) is 1.62. The minimum absolute atomic E-state index is 0. The molecule has 1 heterocycles. The van der Waals surface area contributed by atoms with Gasteiger partial charge in [0.15, 0.2) is 11.7 Å². The molecule has 0 saturated heterocycles. The van der Waals surface area contributed by atoms with Gasteiger partial charge in [0.1, 0.15) is 9.84 Å². The SMILES string of the molecule is CN=C(NCCOCCS(C)(=O)=O)NCCc1nc(C(F)(F)F)cs1.I. The fourth-order valence-corrected chi connectivity index (χ4v) is 2.84. The third-order valence-corrected chi connectivity index (χ3v) is 4.65. The molecule has 7 nitrogen and oxygen atoms in total. The maximum Gasteiger partial charge on any atom is 0.434 e. The van der Waals surface area contributed by atoms with E-state index in [-0.39, 0.29) is 36.3 Å². The van der Waals surface area contributed by atoms with Crippen LogP contribution in [-0.4, -0.2) is 64.7 Å². The molecule has 1 aromatic heterocycles. The lowest BCUT2D eigenvalue weighted by Crippen LogP contribution is -2.39. The summed E-state index contributed by atoms with van der Waals surface area (Å²) in [6.45, 7) is 1.22. The van der Waals surface area contributed by atoms with Gasteiger partial charge >= 0.3 is 6.18 Å². The summed E-state index contributed by atoms with van der Waals surface area (Å²) in [5.41, 5.74) is -0.874. The molecule has 0 fully saturated rings. The molecule has 0 bridgehead atoms. The van der Waals surface area contributed by atoms with E-state index in [1.165, 1.54) is 0 Å². The molecule has 13 heteroatoms. The molecular formula is C13H22F3IN4O3S2. The quantitative estimate of drug-likeness (QED) is 0.218. The third-order valence-electron chi connectivity index (χ3n) is 2.83. The predicted octanol–water partition coefficient (Wildman–Crippen LogP) is 1.55. The van der Waals surface area contributed by atoms with Crippen LogP contribution in [0.5, 0.6) is 0 Å². The average Bonchev–Trinajstić information content (AvgIpc) is 2.96. The van der Waals surface area contributed by atoms with Gasteiger partial charge in [-0.05, 0) is 0 Å². The van der Waals surface area contributed by atoms with Crippen molar-refractivity contribution in [2.75, 3.05) is 45.4 Å². The Balaban J connectivity index is 0.00000625. The smallest absolute Gasteiger partial charge is 0.379 e. The number of thiazole rings is 1. The second-order valence-electron chi connectivity index (χ2n) is 5.04. The largest absolute Gasteiger partial charge is 0.434 e. The van der Waals surface area contributed by atoms with E-state index < -0.39 is 21.7 Å².